The first kappa shape index (κ1) is 13.7. The van der Waals surface area contributed by atoms with Crippen molar-refractivity contribution in [2.24, 2.45) is 11.7 Å². The van der Waals surface area contributed by atoms with Crippen LogP contribution >= 0.6 is 11.3 Å². The average molecular weight is 240 g/mol. The van der Waals surface area contributed by atoms with Crippen molar-refractivity contribution in [3.8, 4) is 0 Å². The van der Waals surface area contributed by atoms with Gasteiger partial charge in [-0.2, -0.15) is 0 Å². The van der Waals surface area contributed by atoms with Gasteiger partial charge in [0, 0.05) is 16.3 Å². The van der Waals surface area contributed by atoms with Gasteiger partial charge in [0.1, 0.15) is 0 Å². The fourth-order valence-electron chi connectivity index (χ4n) is 1.71. The fourth-order valence-corrected chi connectivity index (χ4v) is 2.64. The van der Waals surface area contributed by atoms with E-state index in [1.54, 1.807) is 0 Å². The molecule has 1 rings (SSSR count). The van der Waals surface area contributed by atoms with E-state index < -0.39 is 0 Å². The molecule has 0 aliphatic heterocycles. The molecule has 0 spiro atoms. The maximum absolute atomic E-state index is 5.67. The third kappa shape index (κ3) is 4.64. The van der Waals surface area contributed by atoms with Crippen LogP contribution in [-0.4, -0.2) is 13.1 Å². The highest BCUT2D eigenvalue weighted by atomic mass is 32.1. The molecule has 1 aromatic heterocycles. The molecule has 1 aromatic rings. The first-order chi connectivity index (χ1) is 7.80. The average Bonchev–Trinajstić information content (AvgIpc) is 2.77. The predicted octanol–water partition coefficient (Wildman–Crippen LogP) is 2.78. The normalized spacial score (nSPS) is 12.9. The van der Waals surface area contributed by atoms with Gasteiger partial charge < -0.3 is 11.1 Å². The molecule has 0 saturated carbocycles. The Hall–Kier alpha value is -0.380. The second kappa shape index (κ2) is 7.82. The van der Waals surface area contributed by atoms with Gasteiger partial charge in [-0.25, -0.2) is 0 Å². The van der Waals surface area contributed by atoms with Crippen LogP contribution in [0.15, 0.2) is 12.1 Å². The third-order valence-corrected chi connectivity index (χ3v) is 4.23. The van der Waals surface area contributed by atoms with Crippen molar-refractivity contribution in [3.63, 3.8) is 0 Å². The maximum atomic E-state index is 5.67. The zero-order valence-corrected chi connectivity index (χ0v) is 11.3. The lowest BCUT2D eigenvalue weighted by atomic mass is 10.0. The van der Waals surface area contributed by atoms with Crippen molar-refractivity contribution < 1.29 is 0 Å². The van der Waals surface area contributed by atoms with Crippen LogP contribution in [-0.2, 0) is 13.0 Å². The Morgan fingerprint density at radius 2 is 2.06 bits per heavy atom. The van der Waals surface area contributed by atoms with Crippen molar-refractivity contribution in [1.82, 2.24) is 5.32 Å². The highest BCUT2D eigenvalue weighted by Gasteiger charge is 2.03. The topological polar surface area (TPSA) is 38.0 Å². The Kier molecular flexibility index (Phi) is 6.69. The fraction of sp³-hybridized carbons (Fsp3) is 0.692. The highest BCUT2D eigenvalue weighted by molar-refractivity contribution is 7.11. The first-order valence-corrected chi connectivity index (χ1v) is 7.10. The van der Waals surface area contributed by atoms with Crippen LogP contribution in [0.3, 0.4) is 0 Å². The van der Waals surface area contributed by atoms with Crippen LogP contribution in [0.5, 0.6) is 0 Å². The van der Waals surface area contributed by atoms with Gasteiger partial charge in [-0.3, -0.25) is 0 Å². The van der Waals surface area contributed by atoms with Crippen LogP contribution in [0, 0.1) is 5.92 Å². The number of rotatable bonds is 8. The molecule has 1 atom stereocenters. The third-order valence-electron chi connectivity index (χ3n) is 3.01. The Morgan fingerprint density at radius 1 is 1.31 bits per heavy atom. The van der Waals surface area contributed by atoms with Gasteiger partial charge in [0.2, 0.25) is 0 Å². The number of nitrogens with two attached hydrogens (primary N) is 1. The van der Waals surface area contributed by atoms with E-state index in [2.05, 4.69) is 31.3 Å². The van der Waals surface area contributed by atoms with Crippen LogP contribution in [0.1, 0.15) is 36.4 Å². The SMILES string of the molecule is CCc1ccc(CNCCC(CC)CN)s1. The van der Waals surface area contributed by atoms with Crippen molar-refractivity contribution >= 4 is 11.3 Å². The van der Waals surface area contributed by atoms with E-state index in [9.17, 15) is 0 Å². The maximum Gasteiger partial charge on any atom is 0.0299 e. The molecule has 0 amide bonds. The molecule has 1 unspecified atom stereocenters. The summed E-state index contributed by atoms with van der Waals surface area (Å²) in [6.45, 7) is 7.32. The van der Waals surface area contributed by atoms with E-state index in [-0.39, 0.29) is 0 Å². The van der Waals surface area contributed by atoms with E-state index in [0.29, 0.717) is 5.92 Å². The molecular formula is C13H24N2S. The van der Waals surface area contributed by atoms with Crippen molar-refractivity contribution in [2.75, 3.05) is 13.1 Å². The second-order valence-corrected chi connectivity index (χ2v) is 5.45. The number of thiophene rings is 1. The minimum absolute atomic E-state index is 0.682. The lowest BCUT2D eigenvalue weighted by molar-refractivity contribution is 0.461. The van der Waals surface area contributed by atoms with Gasteiger partial charge in [0.05, 0.1) is 0 Å². The van der Waals surface area contributed by atoms with Gasteiger partial charge in [-0.05, 0) is 44.0 Å². The van der Waals surface area contributed by atoms with E-state index in [4.69, 9.17) is 5.73 Å². The van der Waals surface area contributed by atoms with Crippen molar-refractivity contribution in [1.29, 1.82) is 0 Å². The lowest BCUT2D eigenvalue weighted by Crippen LogP contribution is -2.21. The molecule has 16 heavy (non-hydrogen) atoms. The molecule has 0 aliphatic rings. The van der Waals surface area contributed by atoms with E-state index in [1.165, 1.54) is 22.6 Å². The summed E-state index contributed by atoms with van der Waals surface area (Å²) >= 11 is 1.92. The molecule has 3 heteroatoms. The Balaban J connectivity index is 2.15. The summed E-state index contributed by atoms with van der Waals surface area (Å²) in [4.78, 5) is 2.92. The quantitative estimate of drug-likeness (QED) is 0.686. The minimum Gasteiger partial charge on any atom is -0.330 e. The summed E-state index contributed by atoms with van der Waals surface area (Å²) in [6, 6.07) is 4.47. The highest BCUT2D eigenvalue weighted by Crippen LogP contribution is 2.16. The second-order valence-electron chi connectivity index (χ2n) is 4.20. The summed E-state index contributed by atoms with van der Waals surface area (Å²) in [7, 11) is 0. The standard InChI is InChI=1S/C13H24N2S/c1-3-11(9-14)7-8-15-10-13-6-5-12(4-2)16-13/h5-6,11,15H,3-4,7-10,14H2,1-2H3. The summed E-state index contributed by atoms with van der Waals surface area (Å²) < 4.78 is 0. The van der Waals surface area contributed by atoms with Gasteiger partial charge >= 0.3 is 0 Å². The van der Waals surface area contributed by atoms with Crippen LogP contribution < -0.4 is 11.1 Å². The van der Waals surface area contributed by atoms with Gasteiger partial charge in [0.15, 0.2) is 0 Å². The largest absolute Gasteiger partial charge is 0.330 e. The summed E-state index contributed by atoms with van der Waals surface area (Å²) in [6.07, 6.45) is 3.53. The minimum atomic E-state index is 0.682. The molecular weight excluding hydrogens is 216 g/mol. The molecule has 0 aliphatic carbocycles. The zero-order valence-electron chi connectivity index (χ0n) is 10.5. The molecule has 92 valence electrons. The van der Waals surface area contributed by atoms with Crippen molar-refractivity contribution in [2.45, 2.75) is 39.7 Å². The monoisotopic (exact) mass is 240 g/mol. The molecule has 0 radical (unpaired) electrons. The zero-order chi connectivity index (χ0) is 11.8. The molecule has 0 aromatic carbocycles. The van der Waals surface area contributed by atoms with E-state index in [0.717, 1.165) is 26.1 Å². The van der Waals surface area contributed by atoms with E-state index in [1.807, 2.05) is 11.3 Å². The summed E-state index contributed by atoms with van der Waals surface area (Å²) in [5.41, 5.74) is 5.67. The molecule has 2 nitrogen and oxygen atoms in total. The number of nitrogens with one attached hydrogen (secondary N) is 1. The van der Waals surface area contributed by atoms with Crippen LogP contribution in [0.25, 0.3) is 0 Å². The number of hydrogen-bond donors (Lipinski definition) is 2. The Bertz CT molecular complexity index is 279. The summed E-state index contributed by atoms with van der Waals surface area (Å²) in [5, 5.41) is 3.49. The molecule has 0 saturated heterocycles. The van der Waals surface area contributed by atoms with Crippen molar-refractivity contribution in [3.05, 3.63) is 21.9 Å². The van der Waals surface area contributed by atoms with E-state index >= 15 is 0 Å². The Morgan fingerprint density at radius 3 is 2.62 bits per heavy atom. The Labute approximate surface area is 103 Å². The van der Waals surface area contributed by atoms with Crippen LogP contribution in [0.4, 0.5) is 0 Å². The summed E-state index contributed by atoms with van der Waals surface area (Å²) in [5.74, 6) is 0.682. The molecule has 0 fully saturated rings. The molecule has 3 N–H and O–H groups in total. The first-order valence-electron chi connectivity index (χ1n) is 6.28. The van der Waals surface area contributed by atoms with Crippen LogP contribution in [0.2, 0.25) is 0 Å². The number of hydrogen-bond acceptors (Lipinski definition) is 3. The van der Waals surface area contributed by atoms with Gasteiger partial charge in [-0.1, -0.05) is 20.3 Å². The smallest absolute Gasteiger partial charge is 0.0299 e. The molecule has 0 bridgehead atoms. The van der Waals surface area contributed by atoms with Gasteiger partial charge in [0.25, 0.3) is 0 Å². The lowest BCUT2D eigenvalue weighted by Gasteiger charge is -2.11. The predicted molar refractivity (Wildman–Crippen MR) is 72.9 cm³/mol. The van der Waals surface area contributed by atoms with Gasteiger partial charge in [-0.15, -0.1) is 11.3 Å². The number of aryl methyl sites for hydroxylation is 1. The molecule has 1 heterocycles.